The monoisotopic (exact) mass is 181 g/mol. The van der Waals surface area contributed by atoms with E-state index < -0.39 is 0 Å². The van der Waals surface area contributed by atoms with E-state index in [0.29, 0.717) is 5.84 Å². The van der Waals surface area contributed by atoms with Crippen LogP contribution in [-0.2, 0) is 6.42 Å². The van der Waals surface area contributed by atoms with Crippen molar-refractivity contribution in [1.82, 2.24) is 4.98 Å². The van der Waals surface area contributed by atoms with Crippen LogP contribution in [0.15, 0.2) is 4.99 Å². The second kappa shape index (κ2) is 2.86. The molecule has 0 atom stereocenters. The van der Waals surface area contributed by atoms with Gasteiger partial charge < -0.3 is 5.73 Å². The molecule has 1 aromatic rings. The van der Waals surface area contributed by atoms with Crippen LogP contribution < -0.4 is 5.73 Å². The van der Waals surface area contributed by atoms with Crippen LogP contribution in [-0.4, -0.2) is 17.4 Å². The first kappa shape index (κ1) is 7.73. The van der Waals surface area contributed by atoms with Gasteiger partial charge in [0.05, 0.1) is 15.6 Å². The van der Waals surface area contributed by atoms with Gasteiger partial charge in [-0.15, -0.1) is 11.3 Å². The molecule has 1 aliphatic heterocycles. The third-order valence-corrected chi connectivity index (χ3v) is 2.93. The minimum Gasteiger partial charge on any atom is -0.383 e. The van der Waals surface area contributed by atoms with Gasteiger partial charge in [-0.3, -0.25) is 4.99 Å². The summed E-state index contributed by atoms with van der Waals surface area (Å²) in [6, 6.07) is 0. The van der Waals surface area contributed by atoms with Gasteiger partial charge in [0.15, 0.2) is 0 Å². The van der Waals surface area contributed by atoms with Crippen molar-refractivity contribution in [3.63, 3.8) is 0 Å². The van der Waals surface area contributed by atoms with Crippen LogP contribution in [0.25, 0.3) is 0 Å². The molecule has 64 valence electrons. The van der Waals surface area contributed by atoms with E-state index in [4.69, 9.17) is 5.73 Å². The van der Waals surface area contributed by atoms with Gasteiger partial charge in [0.1, 0.15) is 5.84 Å². The average molecular weight is 181 g/mol. The van der Waals surface area contributed by atoms with Crippen LogP contribution in [0.2, 0.25) is 0 Å². The van der Waals surface area contributed by atoms with E-state index in [1.54, 1.807) is 11.3 Å². The van der Waals surface area contributed by atoms with Crippen molar-refractivity contribution in [2.24, 2.45) is 10.7 Å². The standard InChI is InChI=1S/C8H11N3S/c1-5-11-6-3-2-4-10-8(9)7(6)12-5/h2-4H2,1H3,(H2,9,10). The lowest BCUT2D eigenvalue weighted by Gasteiger charge is -1.93. The van der Waals surface area contributed by atoms with Crippen molar-refractivity contribution in [3.05, 3.63) is 15.6 Å². The van der Waals surface area contributed by atoms with Crippen LogP contribution in [0.5, 0.6) is 0 Å². The predicted octanol–water partition coefficient (Wildman–Crippen LogP) is 1.10. The summed E-state index contributed by atoms with van der Waals surface area (Å²) in [4.78, 5) is 9.75. The minimum atomic E-state index is 0.674. The van der Waals surface area contributed by atoms with Crippen LogP contribution in [0.1, 0.15) is 22.0 Å². The molecule has 0 saturated carbocycles. The van der Waals surface area contributed by atoms with Gasteiger partial charge in [-0.25, -0.2) is 4.98 Å². The number of hydrogen-bond donors (Lipinski definition) is 1. The Bertz CT molecular complexity index is 327. The average Bonchev–Trinajstić information content (AvgIpc) is 2.33. The molecule has 1 aromatic heterocycles. The number of fused-ring (bicyclic) bond motifs is 1. The highest BCUT2D eigenvalue weighted by atomic mass is 32.1. The molecule has 0 unspecified atom stereocenters. The lowest BCUT2D eigenvalue weighted by molar-refractivity contribution is 0.824. The molecule has 1 aliphatic rings. The van der Waals surface area contributed by atoms with Crippen LogP contribution >= 0.6 is 11.3 Å². The molecule has 0 saturated heterocycles. The number of amidine groups is 1. The molecule has 0 aliphatic carbocycles. The summed E-state index contributed by atoms with van der Waals surface area (Å²) >= 11 is 1.64. The summed E-state index contributed by atoms with van der Waals surface area (Å²) in [5.74, 6) is 0.674. The van der Waals surface area contributed by atoms with Crippen LogP contribution in [0.4, 0.5) is 0 Å². The highest BCUT2D eigenvalue weighted by molar-refractivity contribution is 7.13. The molecule has 3 nitrogen and oxygen atoms in total. The Morgan fingerprint density at radius 3 is 3.17 bits per heavy atom. The van der Waals surface area contributed by atoms with Crippen molar-refractivity contribution >= 4 is 17.2 Å². The maximum atomic E-state index is 5.78. The van der Waals surface area contributed by atoms with E-state index in [1.807, 2.05) is 6.92 Å². The largest absolute Gasteiger partial charge is 0.383 e. The van der Waals surface area contributed by atoms with Gasteiger partial charge in [-0.2, -0.15) is 0 Å². The first-order chi connectivity index (χ1) is 5.77. The fourth-order valence-corrected chi connectivity index (χ4v) is 2.24. The molecule has 0 radical (unpaired) electrons. The van der Waals surface area contributed by atoms with Crippen molar-refractivity contribution in [2.75, 3.05) is 6.54 Å². The number of thiazole rings is 1. The minimum absolute atomic E-state index is 0.674. The van der Waals surface area contributed by atoms with Gasteiger partial charge in [-0.05, 0) is 19.8 Å². The third kappa shape index (κ3) is 1.22. The quantitative estimate of drug-likeness (QED) is 0.651. The van der Waals surface area contributed by atoms with E-state index in [1.165, 1.54) is 0 Å². The van der Waals surface area contributed by atoms with Crippen LogP contribution in [0.3, 0.4) is 0 Å². The number of hydrogen-bond acceptors (Lipinski definition) is 4. The predicted molar refractivity (Wildman–Crippen MR) is 50.8 cm³/mol. The van der Waals surface area contributed by atoms with Crippen molar-refractivity contribution in [3.8, 4) is 0 Å². The zero-order chi connectivity index (χ0) is 8.55. The maximum Gasteiger partial charge on any atom is 0.137 e. The lowest BCUT2D eigenvalue weighted by atomic mass is 10.2. The Labute approximate surface area is 75.3 Å². The molecule has 0 fully saturated rings. The van der Waals surface area contributed by atoms with E-state index in [0.717, 1.165) is 35.0 Å². The number of rotatable bonds is 0. The maximum absolute atomic E-state index is 5.78. The lowest BCUT2D eigenvalue weighted by Crippen LogP contribution is -2.12. The Morgan fingerprint density at radius 1 is 1.50 bits per heavy atom. The second-order valence-corrected chi connectivity index (χ2v) is 4.08. The van der Waals surface area contributed by atoms with E-state index in [-0.39, 0.29) is 0 Å². The number of aromatic nitrogens is 1. The van der Waals surface area contributed by atoms with Gasteiger partial charge in [0.25, 0.3) is 0 Å². The topological polar surface area (TPSA) is 51.3 Å². The number of nitrogens with two attached hydrogens (primary N) is 1. The molecule has 0 aromatic carbocycles. The Kier molecular flexibility index (Phi) is 1.84. The van der Waals surface area contributed by atoms with Gasteiger partial charge in [0.2, 0.25) is 0 Å². The number of aliphatic imine (C=N–C) groups is 1. The number of aryl methyl sites for hydroxylation is 2. The fourth-order valence-electron chi connectivity index (χ4n) is 1.36. The van der Waals surface area contributed by atoms with E-state index >= 15 is 0 Å². The summed E-state index contributed by atoms with van der Waals surface area (Å²) in [6.07, 6.45) is 2.08. The highest BCUT2D eigenvalue weighted by Crippen LogP contribution is 2.20. The van der Waals surface area contributed by atoms with Crippen molar-refractivity contribution in [1.29, 1.82) is 0 Å². The van der Waals surface area contributed by atoms with Gasteiger partial charge in [-0.1, -0.05) is 0 Å². The molecule has 2 N–H and O–H groups in total. The van der Waals surface area contributed by atoms with Gasteiger partial charge in [0, 0.05) is 6.54 Å². The Hall–Kier alpha value is -0.900. The SMILES string of the molecule is Cc1nc2c(s1)C(N)=NCCC2. The summed E-state index contributed by atoms with van der Waals surface area (Å²) in [5, 5.41) is 1.08. The van der Waals surface area contributed by atoms with Crippen molar-refractivity contribution in [2.45, 2.75) is 19.8 Å². The first-order valence-corrected chi connectivity index (χ1v) is 4.85. The Balaban J connectivity index is 2.50. The number of nitrogens with zero attached hydrogens (tertiary/aromatic N) is 2. The molecular formula is C8H11N3S. The molecule has 0 bridgehead atoms. The smallest absolute Gasteiger partial charge is 0.137 e. The third-order valence-electron chi connectivity index (χ3n) is 1.89. The molecule has 0 spiro atoms. The molecule has 2 rings (SSSR count). The molecular weight excluding hydrogens is 170 g/mol. The zero-order valence-corrected chi connectivity index (χ0v) is 7.82. The summed E-state index contributed by atoms with van der Waals surface area (Å²) in [6.45, 7) is 2.85. The highest BCUT2D eigenvalue weighted by Gasteiger charge is 2.14. The van der Waals surface area contributed by atoms with E-state index in [2.05, 4.69) is 9.98 Å². The molecule has 2 heterocycles. The molecule has 4 heteroatoms. The summed E-state index contributed by atoms with van der Waals surface area (Å²) in [5.41, 5.74) is 6.92. The molecule has 0 amide bonds. The summed E-state index contributed by atoms with van der Waals surface area (Å²) < 4.78 is 0. The van der Waals surface area contributed by atoms with Crippen molar-refractivity contribution < 1.29 is 0 Å². The van der Waals surface area contributed by atoms with Crippen LogP contribution in [0, 0.1) is 6.92 Å². The molecule has 12 heavy (non-hydrogen) atoms. The van der Waals surface area contributed by atoms with E-state index in [9.17, 15) is 0 Å². The first-order valence-electron chi connectivity index (χ1n) is 4.04. The zero-order valence-electron chi connectivity index (χ0n) is 7.00. The van der Waals surface area contributed by atoms with Gasteiger partial charge >= 0.3 is 0 Å². The normalized spacial score (nSPS) is 16.6. The fraction of sp³-hybridized carbons (Fsp3) is 0.500. The summed E-state index contributed by atoms with van der Waals surface area (Å²) in [7, 11) is 0. The second-order valence-electron chi connectivity index (χ2n) is 2.88. The Morgan fingerprint density at radius 2 is 2.33 bits per heavy atom.